The predicted molar refractivity (Wildman–Crippen MR) is 70.9 cm³/mol. The maximum absolute atomic E-state index is 5.29. The molecule has 5 heteroatoms. The third-order valence-corrected chi connectivity index (χ3v) is 7.49. The maximum Gasteiger partial charge on any atom is 0.320 e. The van der Waals surface area contributed by atoms with Gasteiger partial charge in [0.2, 0.25) is 0 Å². The average Bonchev–Trinajstić information content (AvgIpc) is 2.19. The standard InChI is InChI=1S/C9H20Br2O2Si/c1-8(9(2,11)7-10)5-6-14(12-3)13-4/h8,14H,5-7H2,1-4H3. The van der Waals surface area contributed by atoms with Gasteiger partial charge in [-0.2, -0.15) is 0 Å². The number of hydrogen-bond donors (Lipinski definition) is 0. The van der Waals surface area contributed by atoms with Gasteiger partial charge >= 0.3 is 9.28 Å². The van der Waals surface area contributed by atoms with Gasteiger partial charge in [-0.25, -0.2) is 0 Å². The van der Waals surface area contributed by atoms with Gasteiger partial charge < -0.3 is 8.85 Å². The molecule has 0 aliphatic rings. The fraction of sp³-hybridized carbons (Fsp3) is 1.00. The second kappa shape index (κ2) is 7.38. The molecule has 0 spiro atoms. The number of hydrogen-bond acceptors (Lipinski definition) is 2. The van der Waals surface area contributed by atoms with Crippen LogP contribution in [0.2, 0.25) is 6.04 Å². The molecule has 0 bridgehead atoms. The van der Waals surface area contributed by atoms with E-state index < -0.39 is 9.28 Å². The quantitative estimate of drug-likeness (QED) is 0.520. The predicted octanol–water partition coefficient (Wildman–Crippen LogP) is 3.07. The molecule has 0 saturated heterocycles. The van der Waals surface area contributed by atoms with Gasteiger partial charge in [0, 0.05) is 23.9 Å². The molecule has 2 nitrogen and oxygen atoms in total. The van der Waals surface area contributed by atoms with Crippen LogP contribution in [0.25, 0.3) is 0 Å². The molecule has 0 N–H and O–H groups in total. The fourth-order valence-corrected chi connectivity index (χ4v) is 3.37. The van der Waals surface area contributed by atoms with E-state index in [1.54, 1.807) is 14.2 Å². The van der Waals surface area contributed by atoms with E-state index in [2.05, 4.69) is 45.7 Å². The summed E-state index contributed by atoms with van der Waals surface area (Å²) in [6, 6.07) is 1.07. The molecule has 0 aliphatic carbocycles. The molecule has 0 rings (SSSR count). The van der Waals surface area contributed by atoms with Crippen molar-refractivity contribution in [1.82, 2.24) is 0 Å². The summed E-state index contributed by atoms with van der Waals surface area (Å²) in [5.41, 5.74) is 0. The van der Waals surface area contributed by atoms with Gasteiger partial charge in [0.05, 0.1) is 0 Å². The van der Waals surface area contributed by atoms with Crippen molar-refractivity contribution in [2.75, 3.05) is 19.5 Å². The molecule has 2 atom stereocenters. The van der Waals surface area contributed by atoms with Gasteiger partial charge in [-0.05, 0) is 25.3 Å². The minimum atomic E-state index is -1.37. The minimum Gasteiger partial charge on any atom is -0.400 e. The lowest BCUT2D eigenvalue weighted by molar-refractivity contribution is 0.272. The zero-order chi connectivity index (χ0) is 11.2. The SMILES string of the molecule is CO[SiH](CCC(C)C(C)(Br)CBr)OC. The zero-order valence-corrected chi connectivity index (χ0v) is 13.7. The first-order valence-electron chi connectivity index (χ1n) is 4.78. The minimum absolute atomic E-state index is 0.174. The Morgan fingerprint density at radius 2 is 1.86 bits per heavy atom. The van der Waals surface area contributed by atoms with Gasteiger partial charge in [0.1, 0.15) is 0 Å². The van der Waals surface area contributed by atoms with Gasteiger partial charge in [-0.15, -0.1) is 0 Å². The Labute approximate surface area is 106 Å². The van der Waals surface area contributed by atoms with Crippen LogP contribution in [0.1, 0.15) is 20.3 Å². The lowest BCUT2D eigenvalue weighted by Crippen LogP contribution is -2.29. The monoisotopic (exact) mass is 346 g/mol. The second-order valence-corrected chi connectivity index (χ2v) is 8.54. The molecule has 0 radical (unpaired) electrons. The smallest absolute Gasteiger partial charge is 0.320 e. The Kier molecular flexibility index (Phi) is 7.96. The molecule has 14 heavy (non-hydrogen) atoms. The first kappa shape index (κ1) is 15.1. The Hall–Kier alpha value is 1.10. The van der Waals surface area contributed by atoms with Crippen LogP contribution >= 0.6 is 31.9 Å². The summed E-state index contributed by atoms with van der Waals surface area (Å²) in [7, 11) is 2.11. The average molecular weight is 348 g/mol. The van der Waals surface area contributed by atoms with Gasteiger partial charge in [0.25, 0.3) is 0 Å². The molecular weight excluding hydrogens is 328 g/mol. The third-order valence-electron chi connectivity index (χ3n) is 2.65. The Balaban J connectivity index is 3.88. The van der Waals surface area contributed by atoms with E-state index in [1.807, 2.05) is 0 Å². The van der Waals surface area contributed by atoms with E-state index in [-0.39, 0.29) is 4.32 Å². The van der Waals surface area contributed by atoms with E-state index in [9.17, 15) is 0 Å². The summed E-state index contributed by atoms with van der Waals surface area (Å²) in [4.78, 5) is 0. The highest BCUT2D eigenvalue weighted by Crippen LogP contribution is 2.32. The van der Waals surface area contributed by atoms with E-state index >= 15 is 0 Å². The molecule has 0 heterocycles. The molecule has 86 valence electrons. The normalized spacial score (nSPS) is 18.2. The Morgan fingerprint density at radius 1 is 1.36 bits per heavy atom. The van der Waals surface area contributed by atoms with Gasteiger partial charge in [-0.3, -0.25) is 0 Å². The number of alkyl halides is 2. The third kappa shape index (κ3) is 5.26. The van der Waals surface area contributed by atoms with Gasteiger partial charge in [-0.1, -0.05) is 38.8 Å². The number of halogens is 2. The summed E-state index contributed by atoms with van der Waals surface area (Å²) in [5.74, 6) is 0.613. The summed E-state index contributed by atoms with van der Waals surface area (Å²) in [5, 5.41) is 0.966. The lowest BCUT2D eigenvalue weighted by atomic mass is 9.95. The molecule has 0 aliphatic heterocycles. The maximum atomic E-state index is 5.29. The molecule has 0 aromatic carbocycles. The summed E-state index contributed by atoms with van der Waals surface area (Å²) >= 11 is 7.24. The van der Waals surface area contributed by atoms with Crippen molar-refractivity contribution in [3.05, 3.63) is 0 Å². The highest BCUT2D eigenvalue weighted by atomic mass is 79.9. The Bertz CT molecular complexity index is 152. The van der Waals surface area contributed by atoms with Crippen LogP contribution in [-0.4, -0.2) is 33.2 Å². The number of rotatable bonds is 7. The zero-order valence-electron chi connectivity index (χ0n) is 9.35. The van der Waals surface area contributed by atoms with Crippen LogP contribution in [0.4, 0.5) is 0 Å². The van der Waals surface area contributed by atoms with Crippen LogP contribution in [0.15, 0.2) is 0 Å². The molecule has 0 aromatic heterocycles. The molecule has 0 aromatic rings. The van der Waals surface area contributed by atoms with Crippen molar-refractivity contribution in [2.45, 2.75) is 30.6 Å². The van der Waals surface area contributed by atoms with Gasteiger partial charge in [0.15, 0.2) is 0 Å². The van der Waals surface area contributed by atoms with Crippen LogP contribution in [0.3, 0.4) is 0 Å². The van der Waals surface area contributed by atoms with E-state index in [0.29, 0.717) is 5.92 Å². The van der Waals surface area contributed by atoms with Crippen LogP contribution in [0.5, 0.6) is 0 Å². The van der Waals surface area contributed by atoms with Crippen molar-refractivity contribution in [1.29, 1.82) is 0 Å². The topological polar surface area (TPSA) is 18.5 Å². The first-order chi connectivity index (χ1) is 6.47. The molecule has 0 saturated carbocycles. The largest absolute Gasteiger partial charge is 0.400 e. The van der Waals surface area contributed by atoms with Crippen molar-refractivity contribution < 1.29 is 8.85 Å². The van der Waals surface area contributed by atoms with E-state index in [0.717, 1.165) is 17.8 Å². The first-order valence-corrected chi connectivity index (χ1v) is 8.45. The summed E-state index contributed by atoms with van der Waals surface area (Å²) < 4.78 is 10.7. The lowest BCUT2D eigenvalue weighted by Gasteiger charge is -2.28. The summed E-state index contributed by atoms with van der Waals surface area (Å²) in [6.45, 7) is 4.47. The molecule has 0 fully saturated rings. The van der Waals surface area contributed by atoms with Crippen LogP contribution in [-0.2, 0) is 8.85 Å². The molecule has 0 amide bonds. The Morgan fingerprint density at radius 3 is 2.21 bits per heavy atom. The highest BCUT2D eigenvalue weighted by Gasteiger charge is 2.27. The van der Waals surface area contributed by atoms with E-state index in [1.165, 1.54) is 0 Å². The van der Waals surface area contributed by atoms with Crippen molar-refractivity contribution >= 4 is 41.1 Å². The van der Waals surface area contributed by atoms with Crippen LogP contribution < -0.4 is 0 Å². The fourth-order valence-electron chi connectivity index (χ4n) is 1.15. The molecular formula is C9H20Br2O2Si. The second-order valence-electron chi connectivity index (χ2n) is 3.79. The summed E-state index contributed by atoms with van der Waals surface area (Å²) in [6.07, 6.45) is 1.14. The van der Waals surface area contributed by atoms with Crippen molar-refractivity contribution in [2.24, 2.45) is 5.92 Å². The van der Waals surface area contributed by atoms with E-state index in [4.69, 9.17) is 8.85 Å². The van der Waals surface area contributed by atoms with Crippen molar-refractivity contribution in [3.63, 3.8) is 0 Å². The highest BCUT2D eigenvalue weighted by molar-refractivity contribution is 9.12. The van der Waals surface area contributed by atoms with Crippen LogP contribution in [0, 0.1) is 5.92 Å². The molecule has 2 unspecified atom stereocenters. The van der Waals surface area contributed by atoms with Crippen molar-refractivity contribution in [3.8, 4) is 0 Å².